The number of carbonyl (C=O) groups excluding carboxylic acids is 4. The molecule has 3 aliphatic rings. The van der Waals surface area contributed by atoms with E-state index in [2.05, 4.69) is 98.8 Å². The second-order valence-electron chi connectivity index (χ2n) is 18.4. The van der Waals surface area contributed by atoms with E-state index >= 15 is 0 Å². The van der Waals surface area contributed by atoms with E-state index in [9.17, 15) is 19.2 Å². The molecule has 4 amide bonds. The standard InChI is InChI=1S/C51H59N9O7/c1-8-30-12-9-13-33(22-30)49-60-38-19-17-31(36-26-52-45(54-36)39-14-10-20-58(39)47(61)43(28(2)3)56-50(63)65-6)23-34(38)24-41(60)35-18-16-32(25-42(35)67-49)37-27-53-46(55-37)40-15-11-21-59(40)48(62)44(29(4)5)57-51(64)66-7/h9,12-13,16-19,22-29,39-40,43-44,49H,8,10-11,14-15,20-21H2,1-7H3,(H,52,54)(H,53,55)(H,56,63)(H,57,64)/t39-,40-,43-,44-,49?/m0/s1. The summed E-state index contributed by atoms with van der Waals surface area (Å²) < 4.78 is 18.9. The highest BCUT2D eigenvalue weighted by Crippen LogP contribution is 2.46. The number of nitrogens with one attached hydrogen (secondary N) is 4. The Hall–Kier alpha value is -7.10. The van der Waals surface area contributed by atoms with Gasteiger partial charge in [0.15, 0.2) is 0 Å². The maximum Gasteiger partial charge on any atom is 0.407 e. The van der Waals surface area contributed by atoms with Crippen molar-refractivity contribution < 1.29 is 33.4 Å². The van der Waals surface area contributed by atoms with Crippen molar-refractivity contribution in [1.29, 1.82) is 0 Å². The van der Waals surface area contributed by atoms with Gasteiger partial charge in [-0.15, -0.1) is 0 Å². The van der Waals surface area contributed by atoms with Gasteiger partial charge in [-0.25, -0.2) is 19.6 Å². The third kappa shape index (κ3) is 8.60. The van der Waals surface area contributed by atoms with E-state index in [-0.39, 0.29) is 35.7 Å². The molecule has 2 fully saturated rings. The summed E-state index contributed by atoms with van der Waals surface area (Å²) in [5.41, 5.74) is 8.71. The molecule has 0 radical (unpaired) electrons. The molecular weight excluding hydrogens is 851 g/mol. The van der Waals surface area contributed by atoms with Crippen LogP contribution in [-0.4, -0.2) is 97.7 Å². The molecule has 9 rings (SSSR count). The fourth-order valence-electron chi connectivity index (χ4n) is 9.91. The largest absolute Gasteiger partial charge is 0.465 e. The van der Waals surface area contributed by atoms with Crippen molar-refractivity contribution in [2.45, 2.75) is 97.1 Å². The minimum absolute atomic E-state index is 0.129. The molecule has 2 saturated heterocycles. The quantitative estimate of drug-likeness (QED) is 0.0932. The number of methoxy groups -OCH3 is 2. The lowest BCUT2D eigenvalue weighted by molar-refractivity contribution is -0.136. The van der Waals surface area contributed by atoms with E-state index < -0.39 is 30.5 Å². The van der Waals surface area contributed by atoms with Gasteiger partial charge in [-0.1, -0.05) is 71.0 Å². The van der Waals surface area contributed by atoms with E-state index in [4.69, 9.17) is 24.2 Å². The number of aryl methyl sites for hydroxylation is 1. The number of hydrogen-bond acceptors (Lipinski definition) is 9. The fraction of sp³-hybridized carbons (Fsp3) is 0.412. The summed E-state index contributed by atoms with van der Waals surface area (Å²) in [5.74, 6) is 1.56. The summed E-state index contributed by atoms with van der Waals surface area (Å²) in [5, 5.41) is 6.48. The van der Waals surface area contributed by atoms with Crippen LogP contribution < -0.4 is 15.4 Å². The van der Waals surface area contributed by atoms with Crippen molar-refractivity contribution in [3.05, 3.63) is 102 Å². The number of aromatic nitrogens is 5. The number of fused-ring (bicyclic) bond motifs is 5. The van der Waals surface area contributed by atoms with Crippen LogP contribution in [0.1, 0.15) is 101 Å². The maximum absolute atomic E-state index is 13.8. The molecule has 67 heavy (non-hydrogen) atoms. The lowest BCUT2D eigenvalue weighted by Crippen LogP contribution is -2.51. The zero-order chi connectivity index (χ0) is 47.1. The van der Waals surface area contributed by atoms with E-state index in [1.165, 1.54) is 19.8 Å². The SMILES string of the molecule is CCc1cccc(C2Oc3cc(-c4cnc([C@@H]5CCCN5C(=O)[C@@H](NC(=O)OC)C(C)C)[nH]4)ccc3-c3cc4cc(-c5cnc([C@@H]6CCCN6C(=O)[C@@H](NC(=O)OC)C(C)C)[nH]5)ccc4n32)c1. The summed E-state index contributed by atoms with van der Waals surface area (Å²) >= 11 is 0. The van der Waals surface area contributed by atoms with Crippen molar-refractivity contribution >= 4 is 34.9 Å². The number of ether oxygens (including phenoxy) is 3. The molecule has 16 nitrogen and oxygen atoms in total. The minimum Gasteiger partial charge on any atom is -0.465 e. The van der Waals surface area contributed by atoms with Gasteiger partial charge in [0, 0.05) is 40.7 Å². The number of alkyl carbamates (subject to hydrolysis) is 2. The highest BCUT2D eigenvalue weighted by Gasteiger charge is 2.39. The molecule has 3 aromatic heterocycles. The van der Waals surface area contributed by atoms with Crippen molar-refractivity contribution in [3.63, 3.8) is 0 Å². The van der Waals surface area contributed by atoms with Crippen LogP contribution >= 0.6 is 0 Å². The van der Waals surface area contributed by atoms with Crippen LogP contribution in [0.25, 0.3) is 44.7 Å². The van der Waals surface area contributed by atoms with Gasteiger partial charge in [0.25, 0.3) is 0 Å². The molecule has 16 heteroatoms. The molecule has 350 valence electrons. The molecule has 0 aliphatic carbocycles. The van der Waals surface area contributed by atoms with Crippen LogP contribution in [0.4, 0.5) is 9.59 Å². The Morgan fingerprint density at radius 3 is 1.87 bits per heavy atom. The zero-order valence-corrected chi connectivity index (χ0v) is 39.1. The molecule has 0 bridgehead atoms. The second kappa shape index (κ2) is 18.6. The maximum atomic E-state index is 13.8. The molecular formula is C51H59N9O7. The first-order chi connectivity index (χ1) is 32.4. The Labute approximate surface area is 389 Å². The number of nitrogens with zero attached hydrogens (tertiary/aromatic N) is 5. The molecule has 3 aromatic carbocycles. The topological polar surface area (TPSA) is 189 Å². The average molecular weight is 910 g/mol. The van der Waals surface area contributed by atoms with Crippen molar-refractivity contribution in [3.8, 4) is 39.5 Å². The number of H-pyrrole nitrogens is 2. The van der Waals surface area contributed by atoms with E-state index in [0.29, 0.717) is 24.7 Å². The smallest absolute Gasteiger partial charge is 0.407 e. The van der Waals surface area contributed by atoms with Gasteiger partial charge < -0.3 is 49.2 Å². The van der Waals surface area contributed by atoms with Gasteiger partial charge >= 0.3 is 12.2 Å². The number of rotatable bonds is 12. The Balaban J connectivity index is 1.02. The van der Waals surface area contributed by atoms with E-state index in [1.807, 2.05) is 49.9 Å². The molecule has 0 saturated carbocycles. The monoisotopic (exact) mass is 909 g/mol. The fourth-order valence-corrected chi connectivity index (χ4v) is 9.91. The van der Waals surface area contributed by atoms with Gasteiger partial charge in [-0.05, 0) is 79.8 Å². The molecule has 0 spiro atoms. The third-order valence-electron chi connectivity index (χ3n) is 13.5. The van der Waals surface area contributed by atoms with Gasteiger partial charge in [0.2, 0.25) is 18.0 Å². The summed E-state index contributed by atoms with van der Waals surface area (Å²) in [7, 11) is 2.59. The Morgan fingerprint density at radius 1 is 0.746 bits per heavy atom. The van der Waals surface area contributed by atoms with Crippen molar-refractivity contribution in [2.75, 3.05) is 27.3 Å². The number of aromatic amines is 2. The molecule has 5 atom stereocenters. The highest BCUT2D eigenvalue weighted by molar-refractivity contribution is 5.93. The van der Waals surface area contributed by atoms with Crippen LogP contribution in [0, 0.1) is 11.8 Å². The van der Waals surface area contributed by atoms with E-state index in [1.54, 1.807) is 0 Å². The third-order valence-corrected chi connectivity index (χ3v) is 13.5. The lowest BCUT2D eigenvalue weighted by atomic mass is 10.0. The van der Waals surface area contributed by atoms with Crippen LogP contribution in [0.2, 0.25) is 0 Å². The van der Waals surface area contributed by atoms with E-state index in [0.717, 1.165) is 88.1 Å². The summed E-state index contributed by atoms with van der Waals surface area (Å²) in [6.45, 7) is 10.9. The van der Waals surface area contributed by atoms with Gasteiger partial charge in [-0.2, -0.15) is 0 Å². The van der Waals surface area contributed by atoms with Gasteiger partial charge in [0.05, 0.1) is 61.3 Å². The predicted octanol–water partition coefficient (Wildman–Crippen LogP) is 8.68. The summed E-state index contributed by atoms with van der Waals surface area (Å²) in [4.78, 5) is 72.2. The molecule has 1 unspecified atom stereocenters. The molecule has 6 heterocycles. The van der Waals surface area contributed by atoms with Crippen LogP contribution in [0.3, 0.4) is 0 Å². The van der Waals surface area contributed by atoms with Crippen molar-refractivity contribution in [1.82, 2.24) is 44.9 Å². The number of amides is 4. The lowest BCUT2D eigenvalue weighted by Gasteiger charge is -2.31. The first kappa shape index (κ1) is 45.1. The highest BCUT2D eigenvalue weighted by atomic mass is 16.5. The summed E-state index contributed by atoms with van der Waals surface area (Å²) in [6, 6.07) is 21.4. The number of likely N-dealkylation sites (tertiary alicyclic amines) is 2. The zero-order valence-electron chi connectivity index (χ0n) is 39.1. The number of imidazole rings is 2. The number of hydrogen-bond donors (Lipinski definition) is 4. The first-order valence-electron chi connectivity index (χ1n) is 23.3. The Morgan fingerprint density at radius 2 is 1.31 bits per heavy atom. The second-order valence-corrected chi connectivity index (χ2v) is 18.4. The predicted molar refractivity (Wildman–Crippen MR) is 253 cm³/mol. The van der Waals surface area contributed by atoms with Crippen LogP contribution in [0.5, 0.6) is 5.75 Å². The van der Waals surface area contributed by atoms with Crippen molar-refractivity contribution in [2.24, 2.45) is 11.8 Å². The van der Waals surface area contributed by atoms with Crippen LogP contribution in [0.15, 0.2) is 79.1 Å². The van der Waals surface area contributed by atoms with Crippen LogP contribution in [-0.2, 0) is 25.5 Å². The minimum atomic E-state index is -0.721. The first-order valence-corrected chi connectivity index (χ1v) is 23.3. The van der Waals surface area contributed by atoms with Gasteiger partial charge in [0.1, 0.15) is 29.5 Å². The number of benzene rings is 3. The average Bonchev–Trinajstić information content (AvgIpc) is 4.20. The molecule has 4 N–H and O–H groups in total. The summed E-state index contributed by atoms with van der Waals surface area (Å²) in [6.07, 6.45) is 5.95. The normalized spacial score (nSPS) is 18.7. The Bertz CT molecular complexity index is 2820. The molecule has 3 aliphatic heterocycles. The molecule has 6 aromatic rings. The Kier molecular flexibility index (Phi) is 12.5. The van der Waals surface area contributed by atoms with Gasteiger partial charge in [-0.3, -0.25) is 9.59 Å². The number of carbonyl (C=O) groups is 4.